The van der Waals surface area contributed by atoms with Crippen molar-refractivity contribution in [3.8, 4) is 0 Å². The van der Waals surface area contributed by atoms with E-state index in [0.717, 1.165) is 17.7 Å². The van der Waals surface area contributed by atoms with Gasteiger partial charge in [-0.05, 0) is 36.0 Å². The van der Waals surface area contributed by atoms with E-state index in [2.05, 4.69) is 62.1 Å². The van der Waals surface area contributed by atoms with E-state index in [1.165, 1.54) is 11.1 Å². The van der Waals surface area contributed by atoms with Crippen LogP contribution >= 0.6 is 0 Å². The number of anilines is 2. The first kappa shape index (κ1) is 35.2. The summed E-state index contributed by atoms with van der Waals surface area (Å²) >= 11 is 0. The van der Waals surface area contributed by atoms with Gasteiger partial charge in [0.25, 0.3) is 0 Å². The van der Waals surface area contributed by atoms with Crippen molar-refractivity contribution in [3.63, 3.8) is 0 Å². The van der Waals surface area contributed by atoms with Crippen LogP contribution in [0, 0.1) is 0 Å². The molecule has 4 aromatic heterocycles. The van der Waals surface area contributed by atoms with Crippen molar-refractivity contribution in [3.05, 3.63) is 114 Å². The maximum Gasteiger partial charge on any atom is 0.315 e. The van der Waals surface area contributed by atoms with Crippen molar-refractivity contribution in [1.82, 2.24) is 49.5 Å². The molecule has 8 rings (SSSR count). The monoisotopic (exact) mass is 730 g/mol. The first-order chi connectivity index (χ1) is 26.3. The Hall–Kier alpha value is -5.80. The molecule has 2 amide bonds. The van der Waals surface area contributed by atoms with Crippen molar-refractivity contribution in [2.24, 2.45) is 7.05 Å². The van der Waals surface area contributed by atoms with Gasteiger partial charge in [-0.3, -0.25) is 4.68 Å². The number of carbonyl (C=O) groups is 1. The standard InChI is InChI=1S/C39H46N12O3/c1-3-25-17-44-51(20-25)32-16-31(34(52)35(32)53)50-24-43-33-36(40-19-30(26-10-6-4-7-11-26)27-12-8-5-9-13-27)46-38(47-37(33)50)49-15-14-28(22-49)45-39(54)41-18-29-21-48(2)23-42-29/h4-13,17,20-21,23-24,28,30-32,34-35,52-53H,3,14-16,18-19,22H2,1-2H3,(H,40,46,47)(H2,41,45,54)/t28-,31-,32+,34+,35-/m1/s1. The third-order valence-electron chi connectivity index (χ3n) is 10.7. The number of nitrogens with zero attached hydrogens (tertiary/aromatic N) is 9. The molecule has 6 aromatic rings. The molecular weight excluding hydrogens is 685 g/mol. The third kappa shape index (κ3) is 7.24. The van der Waals surface area contributed by atoms with Crippen LogP contribution < -0.4 is 20.9 Å². The van der Waals surface area contributed by atoms with Crippen LogP contribution in [-0.2, 0) is 20.0 Å². The van der Waals surface area contributed by atoms with Crippen LogP contribution in [0.4, 0.5) is 16.6 Å². The van der Waals surface area contributed by atoms with E-state index >= 15 is 0 Å². The molecular formula is C39H46N12O3. The smallest absolute Gasteiger partial charge is 0.315 e. The van der Waals surface area contributed by atoms with Crippen LogP contribution in [0.2, 0.25) is 0 Å². The predicted octanol–water partition coefficient (Wildman–Crippen LogP) is 3.55. The fourth-order valence-electron chi connectivity index (χ4n) is 7.70. The maximum atomic E-state index is 12.8. The van der Waals surface area contributed by atoms with E-state index in [9.17, 15) is 15.0 Å². The summed E-state index contributed by atoms with van der Waals surface area (Å²) in [6.45, 7) is 4.08. The maximum absolute atomic E-state index is 12.8. The van der Waals surface area contributed by atoms with Gasteiger partial charge in [-0.15, -0.1) is 0 Å². The van der Waals surface area contributed by atoms with Gasteiger partial charge >= 0.3 is 6.03 Å². The molecule has 0 bridgehead atoms. The zero-order valence-electron chi connectivity index (χ0n) is 30.4. The number of aliphatic hydroxyl groups excluding tert-OH is 2. The molecule has 0 radical (unpaired) electrons. The number of carbonyl (C=O) groups excluding carboxylic acids is 1. The minimum atomic E-state index is -1.07. The molecule has 5 atom stereocenters. The molecule has 280 valence electrons. The largest absolute Gasteiger partial charge is 0.388 e. The number of aromatic nitrogens is 8. The van der Waals surface area contributed by atoms with Crippen molar-refractivity contribution in [2.75, 3.05) is 29.9 Å². The van der Waals surface area contributed by atoms with Crippen LogP contribution in [-0.4, -0.2) is 93.0 Å². The number of imidazole rings is 2. The second-order valence-corrected chi connectivity index (χ2v) is 14.3. The van der Waals surface area contributed by atoms with Gasteiger partial charge in [-0.25, -0.2) is 14.8 Å². The number of amides is 2. The van der Waals surface area contributed by atoms with Crippen LogP contribution in [0.5, 0.6) is 0 Å². The predicted molar refractivity (Wildman–Crippen MR) is 204 cm³/mol. The van der Waals surface area contributed by atoms with Gasteiger partial charge < -0.3 is 40.2 Å². The lowest BCUT2D eigenvalue weighted by molar-refractivity contribution is 0.00721. The van der Waals surface area contributed by atoms with Crippen LogP contribution in [0.25, 0.3) is 11.2 Å². The van der Waals surface area contributed by atoms with E-state index in [-0.39, 0.29) is 18.0 Å². The van der Waals surface area contributed by atoms with Gasteiger partial charge in [-0.2, -0.15) is 15.1 Å². The lowest BCUT2D eigenvalue weighted by atomic mass is 9.91. The Bertz CT molecular complexity index is 2150. The van der Waals surface area contributed by atoms with E-state index in [4.69, 9.17) is 15.0 Å². The van der Waals surface area contributed by atoms with E-state index < -0.39 is 24.3 Å². The zero-order valence-corrected chi connectivity index (χ0v) is 30.4. The summed E-state index contributed by atoms with van der Waals surface area (Å²) < 4.78 is 5.47. The number of aryl methyl sites for hydroxylation is 2. The number of benzene rings is 2. The van der Waals surface area contributed by atoms with Crippen LogP contribution in [0.1, 0.15) is 60.2 Å². The van der Waals surface area contributed by atoms with Gasteiger partial charge in [0, 0.05) is 51.0 Å². The average molecular weight is 731 g/mol. The molecule has 1 aliphatic heterocycles. The number of aliphatic hydroxyl groups is 2. The fraction of sp³-hybridized carbons (Fsp3) is 0.385. The molecule has 54 heavy (non-hydrogen) atoms. The molecule has 1 aliphatic carbocycles. The molecule has 0 spiro atoms. The lowest BCUT2D eigenvalue weighted by Gasteiger charge is -2.22. The van der Waals surface area contributed by atoms with Crippen molar-refractivity contribution in [2.45, 2.75) is 69.0 Å². The minimum Gasteiger partial charge on any atom is -0.388 e. The summed E-state index contributed by atoms with van der Waals surface area (Å²) in [5.41, 5.74) is 5.30. The molecule has 15 nitrogen and oxygen atoms in total. The molecule has 2 aliphatic rings. The minimum absolute atomic E-state index is 0.0301. The van der Waals surface area contributed by atoms with Crippen molar-refractivity contribution < 1.29 is 15.0 Å². The average Bonchev–Trinajstić information content (AvgIpc) is 4.05. The van der Waals surface area contributed by atoms with Gasteiger partial charge in [0.2, 0.25) is 5.95 Å². The van der Waals surface area contributed by atoms with Gasteiger partial charge in [0.15, 0.2) is 17.0 Å². The highest BCUT2D eigenvalue weighted by Gasteiger charge is 2.44. The molecule has 5 N–H and O–H groups in total. The second kappa shape index (κ2) is 15.3. The van der Waals surface area contributed by atoms with E-state index in [1.54, 1.807) is 23.5 Å². The van der Waals surface area contributed by atoms with Crippen LogP contribution in [0.15, 0.2) is 91.9 Å². The number of hydrogen-bond acceptors (Lipinski definition) is 10. The Morgan fingerprint density at radius 2 is 1.69 bits per heavy atom. The zero-order chi connectivity index (χ0) is 37.2. The summed E-state index contributed by atoms with van der Waals surface area (Å²) in [5, 5.41) is 36.8. The fourth-order valence-corrected chi connectivity index (χ4v) is 7.70. The van der Waals surface area contributed by atoms with Crippen LogP contribution in [0.3, 0.4) is 0 Å². The molecule has 2 fully saturated rings. The summed E-state index contributed by atoms with van der Waals surface area (Å²) in [4.78, 5) is 34.1. The quantitative estimate of drug-likeness (QED) is 0.125. The Labute approximate surface area is 313 Å². The van der Waals surface area contributed by atoms with Gasteiger partial charge in [0.1, 0.15) is 12.2 Å². The van der Waals surface area contributed by atoms with E-state index in [1.807, 2.05) is 65.0 Å². The summed E-state index contributed by atoms with van der Waals surface area (Å²) in [6, 6.07) is 19.4. The second-order valence-electron chi connectivity index (χ2n) is 14.3. The molecule has 1 saturated heterocycles. The number of urea groups is 1. The highest BCUT2D eigenvalue weighted by molar-refractivity contribution is 5.84. The number of rotatable bonds is 12. The molecule has 0 unspecified atom stereocenters. The molecule has 1 saturated carbocycles. The molecule has 15 heteroatoms. The number of nitrogens with one attached hydrogen (secondary N) is 3. The first-order valence-corrected chi connectivity index (χ1v) is 18.6. The Kier molecular flexibility index (Phi) is 9.97. The third-order valence-corrected chi connectivity index (χ3v) is 10.7. The van der Waals surface area contributed by atoms with Gasteiger partial charge in [0.05, 0.1) is 43.2 Å². The molecule has 5 heterocycles. The highest BCUT2D eigenvalue weighted by atomic mass is 16.3. The summed E-state index contributed by atoms with van der Waals surface area (Å²) in [6.07, 6.45) is 8.88. The Morgan fingerprint density at radius 3 is 2.37 bits per heavy atom. The summed E-state index contributed by atoms with van der Waals surface area (Å²) in [7, 11) is 1.89. The first-order valence-electron chi connectivity index (χ1n) is 18.6. The van der Waals surface area contributed by atoms with E-state index in [0.29, 0.717) is 62.0 Å². The Morgan fingerprint density at radius 1 is 0.944 bits per heavy atom. The topological polar surface area (TPSA) is 176 Å². The number of fused-ring (bicyclic) bond motifs is 1. The highest BCUT2D eigenvalue weighted by Crippen LogP contribution is 2.40. The van der Waals surface area contributed by atoms with Crippen molar-refractivity contribution in [1.29, 1.82) is 0 Å². The van der Waals surface area contributed by atoms with Crippen molar-refractivity contribution >= 4 is 29.0 Å². The number of hydrogen-bond donors (Lipinski definition) is 5. The summed E-state index contributed by atoms with van der Waals surface area (Å²) in [5.74, 6) is 1.09. The molecule has 2 aromatic carbocycles. The normalized spacial score (nSPS) is 21.3. The van der Waals surface area contributed by atoms with Gasteiger partial charge in [-0.1, -0.05) is 67.6 Å². The Balaban J connectivity index is 1.08. The lowest BCUT2D eigenvalue weighted by Crippen LogP contribution is -2.43. The SMILES string of the molecule is CCc1cnn([C@H]2C[C@@H](n3cnc4c(NCC(c5ccccc5)c5ccccc5)nc(N5CC[C@@H](NC(=O)NCc6cn(C)cn6)C5)nc43)[C@H](O)[C@@H]2O)c1.